The van der Waals surface area contributed by atoms with Crippen LogP contribution in [0.2, 0.25) is 0 Å². The first-order valence-corrected chi connectivity index (χ1v) is 10.00. The molecule has 30 heavy (non-hydrogen) atoms. The second kappa shape index (κ2) is 8.76. The van der Waals surface area contributed by atoms with Gasteiger partial charge in [0.1, 0.15) is 11.6 Å². The summed E-state index contributed by atoms with van der Waals surface area (Å²) >= 11 is 0. The minimum atomic E-state index is -0.235. The van der Waals surface area contributed by atoms with E-state index in [0.29, 0.717) is 5.75 Å². The van der Waals surface area contributed by atoms with Crippen LogP contribution >= 0.6 is 0 Å². The number of hydrogen-bond acceptors (Lipinski definition) is 4. The SMILES string of the molecule is COc1cccc(CN2CCc3cc(OC)c(OC)cc3C2c2cccc(F)c2)c1. The number of rotatable bonds is 6. The lowest BCUT2D eigenvalue weighted by molar-refractivity contribution is 0.203. The zero-order chi connectivity index (χ0) is 21.1. The summed E-state index contributed by atoms with van der Waals surface area (Å²) in [6.45, 7) is 1.58. The zero-order valence-electron chi connectivity index (χ0n) is 17.5. The van der Waals surface area contributed by atoms with Crippen molar-refractivity contribution in [1.29, 1.82) is 0 Å². The van der Waals surface area contributed by atoms with E-state index in [1.165, 1.54) is 11.6 Å². The van der Waals surface area contributed by atoms with Gasteiger partial charge in [-0.05, 0) is 65.1 Å². The first kappa shape index (κ1) is 20.2. The third-order valence-electron chi connectivity index (χ3n) is 5.66. The number of ether oxygens (including phenoxy) is 3. The molecule has 0 fully saturated rings. The molecular formula is C25H26FNO3. The second-order valence-electron chi connectivity index (χ2n) is 7.44. The fourth-order valence-electron chi connectivity index (χ4n) is 4.24. The molecule has 156 valence electrons. The quantitative estimate of drug-likeness (QED) is 0.575. The van der Waals surface area contributed by atoms with Gasteiger partial charge in [0.15, 0.2) is 11.5 Å². The maximum Gasteiger partial charge on any atom is 0.161 e. The largest absolute Gasteiger partial charge is 0.497 e. The fraction of sp³-hybridized carbons (Fsp3) is 0.280. The van der Waals surface area contributed by atoms with E-state index >= 15 is 0 Å². The first-order valence-electron chi connectivity index (χ1n) is 10.00. The van der Waals surface area contributed by atoms with Crippen molar-refractivity contribution in [2.45, 2.75) is 19.0 Å². The van der Waals surface area contributed by atoms with Crippen molar-refractivity contribution in [2.75, 3.05) is 27.9 Å². The molecule has 0 spiro atoms. The van der Waals surface area contributed by atoms with Gasteiger partial charge in [0, 0.05) is 13.1 Å². The predicted molar refractivity (Wildman–Crippen MR) is 115 cm³/mol. The Morgan fingerprint density at radius 3 is 2.40 bits per heavy atom. The van der Waals surface area contributed by atoms with Crippen molar-refractivity contribution < 1.29 is 18.6 Å². The van der Waals surface area contributed by atoms with E-state index in [1.807, 2.05) is 36.4 Å². The monoisotopic (exact) mass is 407 g/mol. The Labute approximate surface area is 176 Å². The summed E-state index contributed by atoms with van der Waals surface area (Å²) in [5.41, 5.74) is 4.39. The van der Waals surface area contributed by atoms with Crippen LogP contribution < -0.4 is 14.2 Å². The summed E-state index contributed by atoms with van der Waals surface area (Å²) in [6, 6.07) is 18.9. The van der Waals surface area contributed by atoms with Crippen molar-refractivity contribution in [3.8, 4) is 17.2 Å². The third-order valence-corrected chi connectivity index (χ3v) is 5.66. The average molecular weight is 407 g/mol. The Hall–Kier alpha value is -3.05. The van der Waals surface area contributed by atoms with Gasteiger partial charge in [-0.2, -0.15) is 0 Å². The van der Waals surface area contributed by atoms with Gasteiger partial charge in [0.2, 0.25) is 0 Å². The van der Waals surface area contributed by atoms with Gasteiger partial charge in [-0.1, -0.05) is 24.3 Å². The molecule has 1 aliphatic heterocycles. The standard InChI is InChI=1S/C25H26FNO3/c1-28-21-9-4-6-17(12-21)16-27-11-10-18-14-23(29-2)24(30-3)15-22(18)25(27)19-7-5-8-20(26)13-19/h4-9,12-15,25H,10-11,16H2,1-3H3. The maximum atomic E-state index is 14.1. The van der Waals surface area contributed by atoms with Crippen molar-refractivity contribution in [1.82, 2.24) is 4.90 Å². The van der Waals surface area contributed by atoms with Crippen LogP contribution in [-0.4, -0.2) is 32.8 Å². The van der Waals surface area contributed by atoms with Crippen LogP contribution in [0, 0.1) is 5.82 Å². The molecule has 4 rings (SSSR count). The van der Waals surface area contributed by atoms with Crippen molar-refractivity contribution >= 4 is 0 Å². The van der Waals surface area contributed by atoms with Crippen LogP contribution in [0.5, 0.6) is 17.2 Å². The summed E-state index contributed by atoms with van der Waals surface area (Å²) in [5.74, 6) is 2.00. The lowest BCUT2D eigenvalue weighted by Crippen LogP contribution is -2.35. The Kier molecular flexibility index (Phi) is 5.91. The number of halogens is 1. The molecule has 0 N–H and O–H groups in total. The molecule has 0 radical (unpaired) electrons. The highest BCUT2D eigenvalue weighted by Crippen LogP contribution is 2.41. The molecule has 0 amide bonds. The smallest absolute Gasteiger partial charge is 0.161 e. The van der Waals surface area contributed by atoms with Gasteiger partial charge < -0.3 is 14.2 Å². The van der Waals surface area contributed by atoms with E-state index in [4.69, 9.17) is 14.2 Å². The van der Waals surface area contributed by atoms with Crippen LogP contribution in [0.1, 0.15) is 28.3 Å². The van der Waals surface area contributed by atoms with E-state index in [-0.39, 0.29) is 11.9 Å². The van der Waals surface area contributed by atoms with Crippen LogP contribution in [0.3, 0.4) is 0 Å². The van der Waals surface area contributed by atoms with Crippen LogP contribution in [0.4, 0.5) is 4.39 Å². The Balaban J connectivity index is 1.79. The van der Waals surface area contributed by atoms with E-state index in [0.717, 1.165) is 47.7 Å². The topological polar surface area (TPSA) is 30.9 Å². The molecule has 1 atom stereocenters. The van der Waals surface area contributed by atoms with E-state index in [2.05, 4.69) is 11.0 Å². The highest BCUT2D eigenvalue weighted by atomic mass is 19.1. The first-order chi connectivity index (χ1) is 14.6. The molecule has 0 saturated heterocycles. The minimum Gasteiger partial charge on any atom is -0.497 e. The Morgan fingerprint density at radius 1 is 0.900 bits per heavy atom. The summed E-state index contributed by atoms with van der Waals surface area (Å²) in [6.07, 6.45) is 0.880. The van der Waals surface area contributed by atoms with Crippen LogP contribution in [-0.2, 0) is 13.0 Å². The minimum absolute atomic E-state index is 0.0875. The van der Waals surface area contributed by atoms with Crippen molar-refractivity contribution in [3.05, 3.63) is 88.7 Å². The molecule has 3 aromatic carbocycles. The van der Waals surface area contributed by atoms with Crippen LogP contribution in [0.15, 0.2) is 60.7 Å². The number of hydrogen-bond donors (Lipinski definition) is 0. The van der Waals surface area contributed by atoms with E-state index in [9.17, 15) is 4.39 Å². The highest BCUT2D eigenvalue weighted by Gasteiger charge is 2.30. The Morgan fingerprint density at radius 2 is 1.67 bits per heavy atom. The van der Waals surface area contributed by atoms with Gasteiger partial charge >= 0.3 is 0 Å². The summed E-state index contributed by atoms with van der Waals surface area (Å²) in [5, 5.41) is 0. The molecule has 3 aromatic rings. The van der Waals surface area contributed by atoms with E-state index in [1.54, 1.807) is 33.5 Å². The second-order valence-corrected chi connectivity index (χ2v) is 7.44. The molecular weight excluding hydrogens is 381 g/mol. The molecule has 4 nitrogen and oxygen atoms in total. The van der Waals surface area contributed by atoms with Gasteiger partial charge in [-0.3, -0.25) is 4.90 Å². The third kappa shape index (κ3) is 3.98. The van der Waals surface area contributed by atoms with Gasteiger partial charge in [-0.15, -0.1) is 0 Å². The molecule has 0 bridgehead atoms. The molecule has 0 aliphatic carbocycles. The average Bonchev–Trinajstić information content (AvgIpc) is 2.78. The predicted octanol–water partition coefficient (Wildman–Crippen LogP) is 5.00. The molecule has 0 saturated carbocycles. The summed E-state index contributed by atoms with van der Waals surface area (Å²) < 4.78 is 30.6. The summed E-state index contributed by atoms with van der Waals surface area (Å²) in [4.78, 5) is 2.37. The van der Waals surface area contributed by atoms with Gasteiger partial charge in [0.05, 0.1) is 27.4 Å². The number of methoxy groups -OCH3 is 3. The molecule has 5 heteroatoms. The highest BCUT2D eigenvalue weighted by molar-refractivity contribution is 5.51. The molecule has 0 aromatic heterocycles. The zero-order valence-corrected chi connectivity index (χ0v) is 17.5. The van der Waals surface area contributed by atoms with Crippen molar-refractivity contribution in [3.63, 3.8) is 0 Å². The Bertz CT molecular complexity index is 1040. The molecule has 1 aliphatic rings. The summed E-state index contributed by atoms with van der Waals surface area (Å²) in [7, 11) is 4.95. The lowest BCUT2D eigenvalue weighted by atomic mass is 9.87. The molecule has 1 heterocycles. The normalized spacial score (nSPS) is 16.1. The number of nitrogens with zero attached hydrogens (tertiary/aromatic N) is 1. The number of benzene rings is 3. The fourth-order valence-corrected chi connectivity index (χ4v) is 4.24. The lowest BCUT2D eigenvalue weighted by Gasteiger charge is -2.38. The van der Waals surface area contributed by atoms with Crippen LogP contribution in [0.25, 0.3) is 0 Å². The van der Waals surface area contributed by atoms with E-state index < -0.39 is 0 Å². The van der Waals surface area contributed by atoms with Gasteiger partial charge in [0.25, 0.3) is 0 Å². The molecule has 1 unspecified atom stereocenters. The number of fused-ring (bicyclic) bond motifs is 1. The van der Waals surface area contributed by atoms with Gasteiger partial charge in [-0.25, -0.2) is 4.39 Å². The maximum absolute atomic E-state index is 14.1. The van der Waals surface area contributed by atoms with Crippen molar-refractivity contribution in [2.24, 2.45) is 0 Å².